The van der Waals surface area contributed by atoms with E-state index in [4.69, 9.17) is 4.74 Å². The quantitative estimate of drug-likeness (QED) is 0.522. The third kappa shape index (κ3) is 7.17. The Morgan fingerprint density at radius 3 is 2.44 bits per heavy atom. The van der Waals surface area contributed by atoms with Gasteiger partial charge in [0.1, 0.15) is 5.75 Å². The molecule has 2 saturated heterocycles. The van der Waals surface area contributed by atoms with Gasteiger partial charge in [0.05, 0.1) is 23.8 Å². The van der Waals surface area contributed by atoms with E-state index in [1.807, 2.05) is 32.0 Å². The Kier molecular flexibility index (Phi) is 9.41. The van der Waals surface area contributed by atoms with Crippen LogP contribution in [0.5, 0.6) is 5.75 Å². The van der Waals surface area contributed by atoms with E-state index in [1.165, 1.54) is 0 Å². The number of nitrogens with one attached hydrogen (secondary N) is 1. The minimum Gasteiger partial charge on any atom is -0.490 e. The van der Waals surface area contributed by atoms with E-state index in [-0.39, 0.29) is 24.2 Å². The lowest BCUT2D eigenvalue weighted by atomic mass is 9.86. The van der Waals surface area contributed by atoms with Crippen molar-refractivity contribution < 1.29 is 14.6 Å². The van der Waals surface area contributed by atoms with E-state index < -0.39 is 0 Å². The van der Waals surface area contributed by atoms with E-state index in [0.29, 0.717) is 23.1 Å². The van der Waals surface area contributed by atoms with Gasteiger partial charge in [0.15, 0.2) is 11.5 Å². The SMILES string of the molecule is Cc1c(C#N)ccc(OC2CCC(NC(=O)c3ccc(N4CCC(CN5CCC(O)CC5)C(C)C4)nn3)CC2)c1C. The van der Waals surface area contributed by atoms with Crippen LogP contribution in [0.15, 0.2) is 24.3 Å². The van der Waals surface area contributed by atoms with Crippen LogP contribution in [-0.4, -0.2) is 77.1 Å². The molecule has 1 aromatic heterocycles. The second-order valence-electron chi connectivity index (χ2n) is 12.3. The summed E-state index contributed by atoms with van der Waals surface area (Å²) in [5, 5.41) is 30.9. The van der Waals surface area contributed by atoms with Gasteiger partial charge in [-0.25, -0.2) is 0 Å². The Labute approximate surface area is 243 Å². The van der Waals surface area contributed by atoms with Crippen molar-refractivity contribution in [3.8, 4) is 11.8 Å². The minimum absolute atomic E-state index is 0.0932. The van der Waals surface area contributed by atoms with Gasteiger partial charge < -0.3 is 25.0 Å². The summed E-state index contributed by atoms with van der Waals surface area (Å²) in [6.07, 6.45) is 6.29. The van der Waals surface area contributed by atoms with Crippen molar-refractivity contribution in [2.45, 2.75) is 84.0 Å². The molecule has 0 spiro atoms. The lowest BCUT2D eigenvalue weighted by molar-refractivity contribution is 0.0667. The van der Waals surface area contributed by atoms with Crippen LogP contribution in [0.1, 0.15) is 79.0 Å². The number of piperidine rings is 2. The molecule has 3 aliphatic rings. The Morgan fingerprint density at radius 2 is 1.78 bits per heavy atom. The standard InChI is InChI=1S/C32H44N6O3/c1-21-19-38(17-12-25(21)20-37-15-13-27(39)14-16-37)31-11-9-29(35-36-31)32(40)34-26-5-7-28(8-6-26)41-30-10-4-24(18-33)22(2)23(30)3/h4,9-11,21,25-28,39H,5-8,12-17,19-20H2,1-3H3,(H,34,40). The molecule has 1 aliphatic carbocycles. The fourth-order valence-corrected chi connectivity index (χ4v) is 6.53. The Balaban J connectivity index is 1.06. The molecule has 5 rings (SSSR count). The first-order valence-electron chi connectivity index (χ1n) is 15.3. The highest BCUT2D eigenvalue weighted by Crippen LogP contribution is 2.30. The van der Waals surface area contributed by atoms with E-state index in [2.05, 4.69) is 38.3 Å². The summed E-state index contributed by atoms with van der Waals surface area (Å²) in [4.78, 5) is 17.7. The van der Waals surface area contributed by atoms with Gasteiger partial charge in [-0.3, -0.25) is 4.79 Å². The smallest absolute Gasteiger partial charge is 0.272 e. The Hall–Kier alpha value is -3.22. The number of carbonyl (C=O) groups is 1. The lowest BCUT2D eigenvalue weighted by Crippen LogP contribution is -2.46. The maximum absolute atomic E-state index is 12.9. The molecule has 2 aliphatic heterocycles. The predicted molar refractivity (Wildman–Crippen MR) is 158 cm³/mol. The number of carbonyl (C=O) groups excluding carboxylic acids is 1. The Bertz CT molecular complexity index is 1230. The number of amides is 1. The fourth-order valence-electron chi connectivity index (χ4n) is 6.53. The minimum atomic E-state index is -0.175. The molecule has 1 amide bonds. The monoisotopic (exact) mass is 560 g/mol. The van der Waals surface area contributed by atoms with Crippen molar-refractivity contribution in [3.63, 3.8) is 0 Å². The summed E-state index contributed by atoms with van der Waals surface area (Å²) in [6.45, 7) is 11.2. The first-order valence-corrected chi connectivity index (χ1v) is 15.3. The van der Waals surface area contributed by atoms with Gasteiger partial charge in [-0.1, -0.05) is 6.92 Å². The molecule has 220 valence electrons. The number of hydrogen-bond donors (Lipinski definition) is 2. The molecule has 9 heteroatoms. The molecule has 2 N–H and O–H groups in total. The second-order valence-corrected chi connectivity index (χ2v) is 12.3. The highest BCUT2D eigenvalue weighted by atomic mass is 16.5. The van der Waals surface area contributed by atoms with Crippen LogP contribution in [-0.2, 0) is 0 Å². The van der Waals surface area contributed by atoms with Gasteiger partial charge in [-0.2, -0.15) is 5.26 Å². The number of ether oxygens (including phenoxy) is 1. The molecule has 2 unspecified atom stereocenters. The van der Waals surface area contributed by atoms with Crippen molar-refractivity contribution in [3.05, 3.63) is 46.6 Å². The van der Waals surface area contributed by atoms with Gasteiger partial charge in [0, 0.05) is 38.8 Å². The molecular weight excluding hydrogens is 516 g/mol. The Morgan fingerprint density at radius 1 is 1.02 bits per heavy atom. The van der Waals surface area contributed by atoms with Gasteiger partial charge in [-0.15, -0.1) is 10.2 Å². The summed E-state index contributed by atoms with van der Waals surface area (Å²) < 4.78 is 6.27. The summed E-state index contributed by atoms with van der Waals surface area (Å²) in [6, 6.07) is 9.75. The van der Waals surface area contributed by atoms with Crippen molar-refractivity contribution in [2.24, 2.45) is 11.8 Å². The largest absolute Gasteiger partial charge is 0.490 e. The number of likely N-dealkylation sites (tertiary alicyclic amines) is 1. The molecule has 41 heavy (non-hydrogen) atoms. The number of rotatable bonds is 7. The van der Waals surface area contributed by atoms with Crippen LogP contribution in [0.3, 0.4) is 0 Å². The molecular formula is C32H44N6O3. The number of aliphatic hydroxyl groups is 1. The van der Waals surface area contributed by atoms with Crippen LogP contribution in [0.2, 0.25) is 0 Å². The fraction of sp³-hybridized carbons (Fsp3) is 0.625. The number of anilines is 1. The molecule has 2 aromatic rings. The maximum atomic E-state index is 12.9. The third-order valence-corrected chi connectivity index (χ3v) is 9.50. The highest BCUT2D eigenvalue weighted by Gasteiger charge is 2.30. The topological polar surface area (TPSA) is 115 Å². The molecule has 3 fully saturated rings. The molecule has 3 heterocycles. The van der Waals surface area contributed by atoms with Crippen LogP contribution in [0.25, 0.3) is 0 Å². The average molecular weight is 561 g/mol. The summed E-state index contributed by atoms with van der Waals surface area (Å²) in [5.74, 6) is 2.69. The summed E-state index contributed by atoms with van der Waals surface area (Å²) in [5.41, 5.74) is 3.01. The molecule has 0 bridgehead atoms. The normalized spacial score (nSPS) is 25.9. The number of aliphatic hydroxyl groups excluding tert-OH is 1. The van der Waals surface area contributed by atoms with Gasteiger partial charge in [0.2, 0.25) is 0 Å². The van der Waals surface area contributed by atoms with Crippen LogP contribution in [0, 0.1) is 37.0 Å². The number of nitriles is 1. The number of aromatic nitrogens is 2. The number of hydrogen-bond acceptors (Lipinski definition) is 8. The lowest BCUT2D eigenvalue weighted by Gasteiger charge is -2.40. The number of nitrogens with zero attached hydrogens (tertiary/aromatic N) is 5. The van der Waals surface area contributed by atoms with Gasteiger partial charge >= 0.3 is 0 Å². The van der Waals surface area contributed by atoms with E-state index in [0.717, 1.165) is 100 Å². The zero-order chi connectivity index (χ0) is 28.9. The van der Waals surface area contributed by atoms with Crippen molar-refractivity contribution in [1.82, 2.24) is 20.4 Å². The predicted octanol–water partition coefficient (Wildman–Crippen LogP) is 4.00. The van der Waals surface area contributed by atoms with Crippen LogP contribution in [0.4, 0.5) is 5.82 Å². The summed E-state index contributed by atoms with van der Waals surface area (Å²) >= 11 is 0. The van der Waals surface area contributed by atoms with E-state index in [1.54, 1.807) is 6.07 Å². The zero-order valence-corrected chi connectivity index (χ0v) is 24.7. The van der Waals surface area contributed by atoms with Crippen molar-refractivity contribution in [1.29, 1.82) is 5.26 Å². The summed E-state index contributed by atoms with van der Waals surface area (Å²) in [7, 11) is 0. The second kappa shape index (κ2) is 13.2. The van der Waals surface area contributed by atoms with Gasteiger partial charge in [0.25, 0.3) is 5.91 Å². The molecule has 9 nitrogen and oxygen atoms in total. The number of benzene rings is 1. The first kappa shape index (κ1) is 29.3. The van der Waals surface area contributed by atoms with Crippen molar-refractivity contribution >= 4 is 11.7 Å². The first-order chi connectivity index (χ1) is 19.8. The molecule has 2 atom stereocenters. The molecule has 1 saturated carbocycles. The van der Waals surface area contributed by atoms with E-state index >= 15 is 0 Å². The van der Waals surface area contributed by atoms with Crippen molar-refractivity contribution in [2.75, 3.05) is 37.6 Å². The van der Waals surface area contributed by atoms with E-state index in [9.17, 15) is 15.2 Å². The average Bonchev–Trinajstić information content (AvgIpc) is 2.99. The maximum Gasteiger partial charge on any atom is 0.272 e. The molecule has 0 radical (unpaired) electrons. The van der Waals surface area contributed by atoms with Crippen LogP contribution < -0.4 is 15.0 Å². The highest BCUT2D eigenvalue weighted by molar-refractivity contribution is 5.92. The molecule has 1 aromatic carbocycles. The zero-order valence-electron chi connectivity index (χ0n) is 24.7. The van der Waals surface area contributed by atoms with Crippen LogP contribution >= 0.6 is 0 Å². The third-order valence-electron chi connectivity index (χ3n) is 9.50. The van der Waals surface area contributed by atoms with Gasteiger partial charge in [-0.05, 0) is 106 Å².